The van der Waals surface area contributed by atoms with E-state index in [-0.39, 0.29) is 11.3 Å². The number of nitriles is 1. The summed E-state index contributed by atoms with van der Waals surface area (Å²) in [4.78, 5) is 12.4. The number of nitro benzene ring substituents is 1. The number of nitrogens with zero attached hydrogens (tertiary/aromatic N) is 3. The van der Waals surface area contributed by atoms with E-state index in [1.807, 2.05) is 18.2 Å². The summed E-state index contributed by atoms with van der Waals surface area (Å²) < 4.78 is 0. The van der Waals surface area contributed by atoms with Crippen LogP contribution >= 0.6 is 0 Å². The Kier molecular flexibility index (Phi) is 2.84. The zero-order chi connectivity index (χ0) is 14.1. The quantitative estimate of drug-likeness (QED) is 0.618. The number of hydrogen-bond donors (Lipinski definition) is 0. The molecule has 0 aliphatic carbocycles. The average molecular weight is 265 g/mol. The Hall–Kier alpha value is -2.87. The summed E-state index contributed by atoms with van der Waals surface area (Å²) in [6.45, 7) is 1.53. The fraction of sp³-hybridized carbons (Fsp3) is 0.133. The van der Waals surface area contributed by atoms with Crippen molar-refractivity contribution < 1.29 is 4.92 Å². The lowest BCUT2D eigenvalue weighted by atomic mass is 10.1. The molecule has 3 rings (SSSR count). The van der Waals surface area contributed by atoms with Crippen LogP contribution in [0, 0.1) is 21.4 Å². The van der Waals surface area contributed by atoms with Crippen LogP contribution in [-0.2, 0) is 13.1 Å². The third kappa shape index (κ3) is 1.97. The van der Waals surface area contributed by atoms with Crippen molar-refractivity contribution in [3.8, 4) is 6.07 Å². The second kappa shape index (κ2) is 4.67. The van der Waals surface area contributed by atoms with Crippen molar-refractivity contribution >= 4 is 11.4 Å². The number of hydrogen-bond acceptors (Lipinski definition) is 4. The molecule has 0 N–H and O–H groups in total. The molecule has 20 heavy (non-hydrogen) atoms. The maximum absolute atomic E-state index is 10.8. The van der Waals surface area contributed by atoms with Crippen molar-refractivity contribution in [1.29, 1.82) is 5.26 Å². The highest BCUT2D eigenvalue weighted by Crippen LogP contribution is 2.31. The van der Waals surface area contributed by atoms with Crippen LogP contribution in [0.25, 0.3) is 0 Å². The second-order valence-electron chi connectivity index (χ2n) is 4.70. The van der Waals surface area contributed by atoms with Gasteiger partial charge >= 0.3 is 0 Å². The predicted octanol–water partition coefficient (Wildman–Crippen LogP) is 2.99. The molecular weight excluding hydrogens is 254 g/mol. The molecule has 5 nitrogen and oxygen atoms in total. The summed E-state index contributed by atoms with van der Waals surface area (Å²) in [7, 11) is 0. The Labute approximate surface area is 115 Å². The topological polar surface area (TPSA) is 70.2 Å². The van der Waals surface area contributed by atoms with E-state index in [4.69, 9.17) is 5.26 Å². The van der Waals surface area contributed by atoms with Crippen molar-refractivity contribution in [1.82, 2.24) is 0 Å². The van der Waals surface area contributed by atoms with Gasteiger partial charge in [-0.05, 0) is 23.3 Å². The van der Waals surface area contributed by atoms with E-state index in [0.717, 1.165) is 18.8 Å². The van der Waals surface area contributed by atoms with Gasteiger partial charge in [0.1, 0.15) is 11.6 Å². The second-order valence-corrected chi connectivity index (χ2v) is 4.70. The average Bonchev–Trinajstić information content (AvgIpc) is 2.90. The molecule has 0 radical (unpaired) electrons. The zero-order valence-electron chi connectivity index (χ0n) is 10.6. The van der Waals surface area contributed by atoms with E-state index in [9.17, 15) is 10.1 Å². The van der Waals surface area contributed by atoms with Gasteiger partial charge in [-0.25, -0.2) is 0 Å². The maximum Gasteiger partial charge on any atom is 0.287 e. The Morgan fingerprint density at radius 2 is 1.80 bits per heavy atom. The maximum atomic E-state index is 10.8. The van der Waals surface area contributed by atoms with Crippen molar-refractivity contribution in [2.45, 2.75) is 13.1 Å². The van der Waals surface area contributed by atoms with Crippen LogP contribution < -0.4 is 4.90 Å². The van der Waals surface area contributed by atoms with Crippen molar-refractivity contribution in [3.63, 3.8) is 0 Å². The molecule has 2 aromatic rings. The minimum absolute atomic E-state index is 0.100. The minimum atomic E-state index is -0.527. The van der Waals surface area contributed by atoms with E-state index in [0.29, 0.717) is 0 Å². The number of benzene rings is 2. The largest absolute Gasteiger partial charge is 0.363 e. The first-order valence-electron chi connectivity index (χ1n) is 6.19. The molecule has 0 saturated heterocycles. The minimum Gasteiger partial charge on any atom is -0.363 e. The lowest BCUT2D eigenvalue weighted by Gasteiger charge is -2.17. The molecular formula is C15H11N3O2. The molecule has 0 amide bonds. The molecule has 0 unspecified atom stereocenters. The summed E-state index contributed by atoms with van der Waals surface area (Å²) in [6, 6.07) is 14.7. The summed E-state index contributed by atoms with van der Waals surface area (Å²) in [6.07, 6.45) is 0. The molecule has 0 saturated carbocycles. The molecule has 0 bridgehead atoms. The summed E-state index contributed by atoms with van der Waals surface area (Å²) in [5, 5.41) is 19.9. The van der Waals surface area contributed by atoms with E-state index in [1.165, 1.54) is 17.2 Å². The fourth-order valence-electron chi connectivity index (χ4n) is 2.49. The predicted molar refractivity (Wildman–Crippen MR) is 74.1 cm³/mol. The molecule has 5 heteroatoms. The molecule has 0 fully saturated rings. The summed E-state index contributed by atoms with van der Waals surface area (Å²) >= 11 is 0. The Morgan fingerprint density at radius 1 is 1.15 bits per heavy atom. The first-order chi connectivity index (χ1) is 9.69. The highest BCUT2D eigenvalue weighted by Gasteiger charge is 2.21. The lowest BCUT2D eigenvalue weighted by Crippen LogP contribution is -2.14. The molecule has 0 atom stereocenters. The van der Waals surface area contributed by atoms with Gasteiger partial charge < -0.3 is 4.90 Å². The van der Waals surface area contributed by atoms with E-state index >= 15 is 0 Å². The van der Waals surface area contributed by atoms with Gasteiger partial charge in [-0.3, -0.25) is 10.1 Å². The van der Waals surface area contributed by atoms with Crippen LogP contribution in [0.4, 0.5) is 11.4 Å². The highest BCUT2D eigenvalue weighted by molar-refractivity contribution is 5.61. The van der Waals surface area contributed by atoms with E-state index in [2.05, 4.69) is 17.0 Å². The van der Waals surface area contributed by atoms with Gasteiger partial charge in [0.25, 0.3) is 5.69 Å². The van der Waals surface area contributed by atoms with Crippen LogP contribution in [0.3, 0.4) is 0 Å². The molecule has 1 aliphatic rings. The van der Waals surface area contributed by atoms with Gasteiger partial charge in [-0.2, -0.15) is 5.26 Å². The lowest BCUT2D eigenvalue weighted by molar-refractivity contribution is -0.385. The number of anilines is 1. The summed E-state index contributed by atoms with van der Waals surface area (Å²) in [5.74, 6) is 0. The Morgan fingerprint density at radius 3 is 2.35 bits per heavy atom. The van der Waals surface area contributed by atoms with Crippen molar-refractivity contribution in [2.75, 3.05) is 4.90 Å². The van der Waals surface area contributed by atoms with E-state index in [1.54, 1.807) is 12.1 Å². The molecule has 1 aliphatic heterocycles. The third-order valence-corrected chi connectivity index (χ3v) is 3.50. The normalized spacial score (nSPS) is 12.8. The molecule has 0 aromatic heterocycles. The van der Waals surface area contributed by atoms with Crippen LogP contribution in [-0.4, -0.2) is 4.92 Å². The highest BCUT2D eigenvalue weighted by atomic mass is 16.6. The SMILES string of the molecule is N#Cc1cc(N2Cc3ccccc3C2)ccc1[N+](=O)[O-]. The van der Waals surface area contributed by atoms with Gasteiger partial charge in [-0.15, -0.1) is 0 Å². The zero-order valence-corrected chi connectivity index (χ0v) is 10.6. The molecule has 2 aromatic carbocycles. The first kappa shape index (κ1) is 12.2. The monoisotopic (exact) mass is 265 g/mol. The Balaban J connectivity index is 1.94. The van der Waals surface area contributed by atoms with Gasteiger partial charge in [0.2, 0.25) is 0 Å². The van der Waals surface area contributed by atoms with Crippen molar-refractivity contribution in [3.05, 3.63) is 69.3 Å². The van der Waals surface area contributed by atoms with Gasteiger partial charge in [-0.1, -0.05) is 24.3 Å². The van der Waals surface area contributed by atoms with Gasteiger partial charge in [0.15, 0.2) is 0 Å². The van der Waals surface area contributed by atoms with Crippen LogP contribution in [0.2, 0.25) is 0 Å². The smallest absolute Gasteiger partial charge is 0.287 e. The molecule has 0 spiro atoms. The van der Waals surface area contributed by atoms with Crippen LogP contribution in [0.15, 0.2) is 42.5 Å². The van der Waals surface area contributed by atoms with E-state index < -0.39 is 4.92 Å². The standard InChI is InChI=1S/C15H11N3O2/c16-8-13-7-14(5-6-15(13)18(19)20)17-9-11-3-1-2-4-12(11)10-17/h1-7H,9-10H2. The van der Waals surface area contributed by atoms with Gasteiger partial charge in [0, 0.05) is 24.8 Å². The fourth-order valence-corrected chi connectivity index (χ4v) is 2.49. The first-order valence-corrected chi connectivity index (χ1v) is 6.19. The Bertz CT molecular complexity index is 709. The van der Waals surface area contributed by atoms with Gasteiger partial charge in [0.05, 0.1) is 4.92 Å². The summed E-state index contributed by atoms with van der Waals surface area (Å²) in [5.41, 5.74) is 3.30. The number of rotatable bonds is 2. The molecule has 98 valence electrons. The van der Waals surface area contributed by atoms with Crippen LogP contribution in [0.5, 0.6) is 0 Å². The van der Waals surface area contributed by atoms with Crippen LogP contribution in [0.1, 0.15) is 16.7 Å². The third-order valence-electron chi connectivity index (χ3n) is 3.50. The number of fused-ring (bicyclic) bond motifs is 1. The molecule has 1 heterocycles. The number of nitro groups is 1. The van der Waals surface area contributed by atoms with Crippen molar-refractivity contribution in [2.24, 2.45) is 0 Å².